The van der Waals surface area contributed by atoms with Gasteiger partial charge in [0.1, 0.15) is 0 Å². The Morgan fingerprint density at radius 3 is 2.65 bits per heavy atom. The van der Waals surface area contributed by atoms with Gasteiger partial charge >= 0.3 is 0 Å². The lowest BCUT2D eigenvalue weighted by molar-refractivity contribution is -0.123. The fraction of sp³-hybridized carbons (Fsp3) is 0.933. The van der Waals surface area contributed by atoms with Gasteiger partial charge in [-0.2, -0.15) is 0 Å². The highest BCUT2D eigenvalue weighted by atomic mass is 16.5. The van der Waals surface area contributed by atoms with Crippen LogP contribution >= 0.6 is 0 Å². The minimum Gasteiger partial charge on any atom is -0.380 e. The monoisotopic (exact) mass is 286 g/mol. The number of hydrogen-bond acceptors (Lipinski definition) is 4. The van der Waals surface area contributed by atoms with E-state index in [0.717, 1.165) is 13.0 Å². The van der Waals surface area contributed by atoms with Crippen molar-refractivity contribution in [1.29, 1.82) is 0 Å². The van der Waals surface area contributed by atoms with Crippen molar-refractivity contribution in [2.24, 2.45) is 11.7 Å². The third kappa shape index (κ3) is 6.20. The van der Waals surface area contributed by atoms with Crippen LogP contribution < -0.4 is 11.1 Å². The molecule has 0 saturated heterocycles. The lowest BCUT2D eigenvalue weighted by atomic mass is 9.98. The lowest BCUT2D eigenvalue weighted by Gasteiger charge is -2.23. The number of methoxy groups -OCH3 is 1. The van der Waals surface area contributed by atoms with Crippen molar-refractivity contribution in [2.75, 3.05) is 26.8 Å². The van der Waals surface area contributed by atoms with Gasteiger partial charge in [0.2, 0.25) is 5.91 Å². The molecule has 118 valence electrons. The summed E-state index contributed by atoms with van der Waals surface area (Å²) < 4.78 is 10.9. The Hall–Kier alpha value is -0.650. The molecule has 0 heterocycles. The lowest BCUT2D eigenvalue weighted by Crippen LogP contribution is -2.34. The number of rotatable bonds is 10. The molecular weight excluding hydrogens is 256 g/mol. The highest BCUT2D eigenvalue weighted by Gasteiger charge is 2.25. The molecule has 2 atom stereocenters. The molecule has 1 fully saturated rings. The number of carbonyl (C=O) groups is 1. The molecule has 5 heteroatoms. The zero-order chi connectivity index (χ0) is 14.8. The average molecular weight is 286 g/mol. The van der Waals surface area contributed by atoms with Crippen LogP contribution in [0.4, 0.5) is 0 Å². The molecule has 0 aliphatic heterocycles. The summed E-state index contributed by atoms with van der Waals surface area (Å²) in [7, 11) is 1.58. The molecular formula is C15H30N2O3. The second-order valence-electron chi connectivity index (χ2n) is 5.47. The van der Waals surface area contributed by atoms with E-state index in [1.54, 1.807) is 7.11 Å². The molecule has 0 aromatic heterocycles. The summed E-state index contributed by atoms with van der Waals surface area (Å²) in [4.78, 5) is 11.7. The fourth-order valence-electron chi connectivity index (χ4n) is 2.89. The third-order valence-corrected chi connectivity index (χ3v) is 4.07. The average Bonchev–Trinajstić information content (AvgIpc) is 2.98. The van der Waals surface area contributed by atoms with Crippen LogP contribution in [0.2, 0.25) is 0 Å². The van der Waals surface area contributed by atoms with Crippen LogP contribution in [0.3, 0.4) is 0 Å². The minimum atomic E-state index is -0.187. The Bertz CT molecular complexity index is 264. The van der Waals surface area contributed by atoms with Crippen LogP contribution in [0, 0.1) is 5.92 Å². The largest absolute Gasteiger partial charge is 0.380 e. The summed E-state index contributed by atoms with van der Waals surface area (Å²) in [6.07, 6.45) is 6.47. The predicted octanol–water partition coefficient (Wildman–Crippen LogP) is 1.45. The van der Waals surface area contributed by atoms with Gasteiger partial charge in [0, 0.05) is 26.8 Å². The quantitative estimate of drug-likeness (QED) is 0.637. The van der Waals surface area contributed by atoms with Gasteiger partial charge in [0.15, 0.2) is 0 Å². The molecule has 20 heavy (non-hydrogen) atoms. The molecule has 1 aliphatic carbocycles. The van der Waals surface area contributed by atoms with E-state index < -0.39 is 0 Å². The standard InChI is InChI=1S/C15H30N2O3/c1-3-20-14(12-6-4-5-7-12)8-9-17-15(18)10-13(11-16)19-2/h12-14H,3-11,16H2,1-2H3,(H,17,18). The van der Waals surface area contributed by atoms with Gasteiger partial charge < -0.3 is 20.5 Å². The van der Waals surface area contributed by atoms with E-state index in [0.29, 0.717) is 25.4 Å². The molecule has 1 amide bonds. The highest BCUT2D eigenvalue weighted by Crippen LogP contribution is 2.30. The van der Waals surface area contributed by atoms with Crippen molar-refractivity contribution in [3.05, 3.63) is 0 Å². The molecule has 5 nitrogen and oxygen atoms in total. The molecule has 0 radical (unpaired) electrons. The first kappa shape index (κ1) is 17.4. The van der Waals surface area contributed by atoms with E-state index in [1.807, 2.05) is 6.92 Å². The summed E-state index contributed by atoms with van der Waals surface area (Å²) in [6.45, 7) is 3.81. The first-order valence-electron chi connectivity index (χ1n) is 7.82. The minimum absolute atomic E-state index is 0.00368. The Labute approximate surface area is 122 Å². The molecule has 3 N–H and O–H groups in total. The number of ether oxygens (including phenoxy) is 2. The van der Waals surface area contributed by atoms with E-state index in [9.17, 15) is 4.79 Å². The second-order valence-corrected chi connectivity index (χ2v) is 5.47. The summed E-state index contributed by atoms with van der Waals surface area (Å²) >= 11 is 0. The number of hydrogen-bond donors (Lipinski definition) is 2. The van der Waals surface area contributed by atoms with Gasteiger partial charge in [-0.15, -0.1) is 0 Å². The van der Waals surface area contributed by atoms with Crippen molar-refractivity contribution < 1.29 is 14.3 Å². The fourth-order valence-corrected chi connectivity index (χ4v) is 2.89. The Morgan fingerprint density at radius 2 is 2.10 bits per heavy atom. The maximum atomic E-state index is 11.7. The maximum Gasteiger partial charge on any atom is 0.222 e. The second kappa shape index (κ2) is 10.1. The summed E-state index contributed by atoms with van der Waals surface area (Å²) in [6, 6.07) is 0. The van der Waals surface area contributed by atoms with Gasteiger partial charge in [0.05, 0.1) is 18.6 Å². The number of nitrogens with one attached hydrogen (secondary N) is 1. The van der Waals surface area contributed by atoms with Crippen LogP contribution in [0.15, 0.2) is 0 Å². The summed E-state index contributed by atoms with van der Waals surface area (Å²) in [5, 5.41) is 2.94. The van der Waals surface area contributed by atoms with Gasteiger partial charge in [0.25, 0.3) is 0 Å². The first-order chi connectivity index (χ1) is 9.71. The van der Waals surface area contributed by atoms with Crippen LogP contribution in [0.25, 0.3) is 0 Å². The zero-order valence-corrected chi connectivity index (χ0v) is 12.9. The van der Waals surface area contributed by atoms with Gasteiger partial charge in [-0.3, -0.25) is 4.79 Å². The van der Waals surface area contributed by atoms with Gasteiger partial charge in [-0.25, -0.2) is 0 Å². The zero-order valence-electron chi connectivity index (χ0n) is 12.9. The van der Waals surface area contributed by atoms with Crippen molar-refractivity contribution in [1.82, 2.24) is 5.32 Å². The Kier molecular flexibility index (Phi) is 8.82. The molecule has 0 spiro atoms. The molecule has 0 aromatic rings. The molecule has 0 aromatic carbocycles. The predicted molar refractivity (Wildman–Crippen MR) is 79.5 cm³/mol. The van der Waals surface area contributed by atoms with Crippen molar-refractivity contribution in [2.45, 2.75) is 57.7 Å². The van der Waals surface area contributed by atoms with E-state index in [4.69, 9.17) is 15.2 Å². The Balaban J connectivity index is 2.23. The van der Waals surface area contributed by atoms with Gasteiger partial charge in [-0.05, 0) is 32.1 Å². The van der Waals surface area contributed by atoms with Crippen LogP contribution in [0.5, 0.6) is 0 Å². The van der Waals surface area contributed by atoms with Gasteiger partial charge in [-0.1, -0.05) is 12.8 Å². The van der Waals surface area contributed by atoms with E-state index in [1.165, 1.54) is 25.7 Å². The van der Waals surface area contributed by atoms with Crippen LogP contribution in [-0.2, 0) is 14.3 Å². The number of amides is 1. The van der Waals surface area contributed by atoms with Crippen molar-refractivity contribution in [3.8, 4) is 0 Å². The highest BCUT2D eigenvalue weighted by molar-refractivity contribution is 5.76. The van der Waals surface area contributed by atoms with Crippen LogP contribution in [-0.4, -0.2) is 44.9 Å². The SMILES string of the molecule is CCOC(CCNC(=O)CC(CN)OC)C1CCCC1. The smallest absolute Gasteiger partial charge is 0.222 e. The number of carbonyl (C=O) groups excluding carboxylic acids is 1. The van der Waals surface area contributed by atoms with Crippen LogP contribution in [0.1, 0.15) is 45.4 Å². The van der Waals surface area contributed by atoms with Crippen molar-refractivity contribution >= 4 is 5.91 Å². The third-order valence-electron chi connectivity index (χ3n) is 4.07. The van der Waals surface area contributed by atoms with E-state index >= 15 is 0 Å². The molecule has 1 saturated carbocycles. The number of nitrogens with two attached hydrogens (primary N) is 1. The molecule has 1 aliphatic rings. The molecule has 1 rings (SSSR count). The maximum absolute atomic E-state index is 11.7. The van der Waals surface area contributed by atoms with E-state index in [-0.39, 0.29) is 18.1 Å². The topological polar surface area (TPSA) is 73.6 Å². The normalized spacial score (nSPS) is 18.9. The summed E-state index contributed by atoms with van der Waals surface area (Å²) in [5.74, 6) is 0.673. The van der Waals surface area contributed by atoms with E-state index in [2.05, 4.69) is 5.32 Å². The molecule has 0 bridgehead atoms. The van der Waals surface area contributed by atoms with Crippen molar-refractivity contribution in [3.63, 3.8) is 0 Å². The Morgan fingerprint density at radius 1 is 1.40 bits per heavy atom. The summed E-state index contributed by atoms with van der Waals surface area (Å²) in [5.41, 5.74) is 5.51. The first-order valence-corrected chi connectivity index (χ1v) is 7.82. The molecule has 2 unspecified atom stereocenters.